The van der Waals surface area contributed by atoms with E-state index < -0.39 is 0 Å². The van der Waals surface area contributed by atoms with E-state index in [1.807, 2.05) is 0 Å². The molecular formula is C12H19S+. The SMILES string of the molecule is CCCCC[S+](C)c1ccccc1. The lowest BCUT2D eigenvalue weighted by Crippen LogP contribution is -2.04. The lowest BCUT2D eigenvalue weighted by molar-refractivity contribution is 0.777. The first-order chi connectivity index (χ1) is 6.34. The standard InChI is InChI=1S/C12H19S/c1-3-4-8-11-13(2)12-9-6-5-7-10-12/h5-7,9-10H,3-4,8,11H2,1-2H3/q+1. The Morgan fingerprint density at radius 1 is 1.08 bits per heavy atom. The molecule has 0 spiro atoms. The summed E-state index contributed by atoms with van der Waals surface area (Å²) in [6.45, 7) is 2.26. The number of benzene rings is 1. The van der Waals surface area contributed by atoms with Gasteiger partial charge in [0.15, 0.2) is 4.90 Å². The van der Waals surface area contributed by atoms with Crippen molar-refractivity contribution in [3.63, 3.8) is 0 Å². The van der Waals surface area contributed by atoms with Crippen LogP contribution in [0.3, 0.4) is 0 Å². The van der Waals surface area contributed by atoms with Gasteiger partial charge in [-0.1, -0.05) is 31.5 Å². The van der Waals surface area contributed by atoms with E-state index in [9.17, 15) is 0 Å². The summed E-state index contributed by atoms with van der Waals surface area (Å²) >= 11 is 0. The molecule has 0 aliphatic carbocycles. The Bertz CT molecular complexity index is 218. The number of hydrogen-bond acceptors (Lipinski definition) is 0. The second-order valence-electron chi connectivity index (χ2n) is 3.36. The molecule has 72 valence electrons. The molecule has 1 heteroatoms. The van der Waals surface area contributed by atoms with Gasteiger partial charge in [-0.2, -0.15) is 0 Å². The Balaban J connectivity index is 2.35. The minimum Gasteiger partial charge on any atom is -0.0654 e. The Morgan fingerprint density at radius 2 is 1.77 bits per heavy atom. The van der Waals surface area contributed by atoms with Crippen LogP contribution >= 0.6 is 0 Å². The molecule has 0 aliphatic heterocycles. The zero-order chi connectivity index (χ0) is 9.52. The van der Waals surface area contributed by atoms with Crippen LogP contribution < -0.4 is 0 Å². The van der Waals surface area contributed by atoms with Gasteiger partial charge in [0.05, 0.1) is 0 Å². The second kappa shape index (κ2) is 6.09. The maximum Gasteiger partial charge on any atom is 0.154 e. The van der Waals surface area contributed by atoms with Gasteiger partial charge in [-0.3, -0.25) is 0 Å². The highest BCUT2D eigenvalue weighted by Gasteiger charge is 2.12. The molecule has 0 fully saturated rings. The molecule has 1 rings (SSSR count). The molecule has 1 atom stereocenters. The minimum absolute atomic E-state index is 0.465. The molecule has 0 bridgehead atoms. The van der Waals surface area contributed by atoms with Gasteiger partial charge in [0.25, 0.3) is 0 Å². The lowest BCUT2D eigenvalue weighted by atomic mass is 10.3. The van der Waals surface area contributed by atoms with Crippen LogP contribution in [-0.2, 0) is 10.9 Å². The fourth-order valence-electron chi connectivity index (χ4n) is 1.34. The first-order valence-corrected chi connectivity index (χ1v) is 6.82. The minimum atomic E-state index is 0.465. The highest BCUT2D eigenvalue weighted by Crippen LogP contribution is 2.12. The van der Waals surface area contributed by atoms with Crippen LogP contribution in [0.2, 0.25) is 0 Å². The maximum absolute atomic E-state index is 2.35. The van der Waals surface area contributed by atoms with E-state index in [0.717, 1.165) is 0 Å². The van der Waals surface area contributed by atoms with Gasteiger partial charge < -0.3 is 0 Å². The highest BCUT2D eigenvalue weighted by atomic mass is 32.2. The molecule has 0 N–H and O–H groups in total. The molecule has 0 amide bonds. The average Bonchev–Trinajstić information content (AvgIpc) is 2.19. The quantitative estimate of drug-likeness (QED) is 0.498. The Hall–Kier alpha value is -0.430. The third-order valence-corrected chi connectivity index (χ3v) is 4.18. The summed E-state index contributed by atoms with van der Waals surface area (Å²) in [4.78, 5) is 1.51. The third-order valence-electron chi connectivity index (χ3n) is 2.20. The van der Waals surface area contributed by atoms with Crippen LogP contribution in [0.5, 0.6) is 0 Å². The van der Waals surface area contributed by atoms with Crippen molar-refractivity contribution >= 4 is 10.9 Å². The zero-order valence-electron chi connectivity index (χ0n) is 8.62. The normalized spacial score (nSPS) is 12.8. The van der Waals surface area contributed by atoms with E-state index in [1.54, 1.807) is 0 Å². The molecule has 0 saturated heterocycles. The molecule has 0 saturated carbocycles. The molecule has 0 aliphatic rings. The highest BCUT2D eigenvalue weighted by molar-refractivity contribution is 7.96. The zero-order valence-corrected chi connectivity index (χ0v) is 9.44. The van der Waals surface area contributed by atoms with Crippen molar-refractivity contribution in [3.8, 4) is 0 Å². The van der Waals surface area contributed by atoms with E-state index in [-0.39, 0.29) is 0 Å². The fraction of sp³-hybridized carbons (Fsp3) is 0.500. The number of rotatable bonds is 5. The summed E-state index contributed by atoms with van der Waals surface area (Å²) in [6, 6.07) is 10.9. The summed E-state index contributed by atoms with van der Waals surface area (Å²) in [5.74, 6) is 1.36. The van der Waals surface area contributed by atoms with Crippen molar-refractivity contribution in [1.29, 1.82) is 0 Å². The Morgan fingerprint density at radius 3 is 2.38 bits per heavy atom. The third kappa shape index (κ3) is 3.86. The monoisotopic (exact) mass is 195 g/mol. The van der Waals surface area contributed by atoms with Crippen molar-refractivity contribution in [2.75, 3.05) is 12.0 Å². The smallest absolute Gasteiger partial charge is 0.0654 e. The van der Waals surface area contributed by atoms with Crippen molar-refractivity contribution in [1.82, 2.24) is 0 Å². The molecule has 1 aromatic carbocycles. The van der Waals surface area contributed by atoms with Crippen molar-refractivity contribution in [3.05, 3.63) is 30.3 Å². The van der Waals surface area contributed by atoms with Crippen molar-refractivity contribution < 1.29 is 0 Å². The van der Waals surface area contributed by atoms with Crippen LogP contribution in [0.1, 0.15) is 26.2 Å². The number of unbranched alkanes of at least 4 members (excludes halogenated alkanes) is 2. The van der Waals surface area contributed by atoms with Gasteiger partial charge >= 0.3 is 0 Å². The predicted molar refractivity (Wildman–Crippen MR) is 62.4 cm³/mol. The van der Waals surface area contributed by atoms with E-state index in [2.05, 4.69) is 43.5 Å². The van der Waals surface area contributed by atoms with Gasteiger partial charge in [-0.05, 0) is 25.0 Å². The van der Waals surface area contributed by atoms with E-state index in [1.165, 1.54) is 29.9 Å². The van der Waals surface area contributed by atoms with Crippen LogP contribution in [0.25, 0.3) is 0 Å². The van der Waals surface area contributed by atoms with Crippen LogP contribution in [0, 0.1) is 0 Å². The molecular weight excluding hydrogens is 176 g/mol. The van der Waals surface area contributed by atoms with Gasteiger partial charge in [0.2, 0.25) is 0 Å². The molecule has 0 aromatic heterocycles. The van der Waals surface area contributed by atoms with E-state index in [0.29, 0.717) is 10.9 Å². The molecule has 0 heterocycles. The first kappa shape index (κ1) is 10.6. The summed E-state index contributed by atoms with van der Waals surface area (Å²) in [7, 11) is 0.465. The topological polar surface area (TPSA) is 0 Å². The van der Waals surface area contributed by atoms with Gasteiger partial charge in [0.1, 0.15) is 12.0 Å². The van der Waals surface area contributed by atoms with Gasteiger partial charge in [-0.15, -0.1) is 0 Å². The maximum atomic E-state index is 2.35. The van der Waals surface area contributed by atoms with E-state index >= 15 is 0 Å². The second-order valence-corrected chi connectivity index (χ2v) is 5.52. The summed E-state index contributed by atoms with van der Waals surface area (Å²) < 4.78 is 0. The lowest BCUT2D eigenvalue weighted by Gasteiger charge is -2.01. The van der Waals surface area contributed by atoms with Crippen LogP contribution in [0.4, 0.5) is 0 Å². The average molecular weight is 195 g/mol. The summed E-state index contributed by atoms with van der Waals surface area (Å²) in [6.07, 6.45) is 6.44. The fourth-order valence-corrected chi connectivity index (χ4v) is 2.83. The van der Waals surface area contributed by atoms with Crippen molar-refractivity contribution in [2.24, 2.45) is 0 Å². The van der Waals surface area contributed by atoms with E-state index in [4.69, 9.17) is 0 Å². The van der Waals surface area contributed by atoms with Crippen LogP contribution in [0.15, 0.2) is 35.2 Å². The molecule has 0 radical (unpaired) electrons. The first-order valence-electron chi connectivity index (χ1n) is 5.02. The molecule has 1 unspecified atom stereocenters. The van der Waals surface area contributed by atoms with Gasteiger partial charge in [0, 0.05) is 10.9 Å². The van der Waals surface area contributed by atoms with Crippen molar-refractivity contribution in [2.45, 2.75) is 31.1 Å². The summed E-state index contributed by atoms with van der Waals surface area (Å²) in [5, 5.41) is 0. The van der Waals surface area contributed by atoms with Crippen LogP contribution in [-0.4, -0.2) is 12.0 Å². The predicted octanol–water partition coefficient (Wildman–Crippen LogP) is 3.48. The Labute approximate surface area is 84.7 Å². The van der Waals surface area contributed by atoms with Gasteiger partial charge in [-0.25, -0.2) is 0 Å². The molecule has 0 nitrogen and oxygen atoms in total. The molecule has 1 aromatic rings. The number of hydrogen-bond donors (Lipinski definition) is 0. The summed E-state index contributed by atoms with van der Waals surface area (Å²) in [5.41, 5.74) is 0. The molecule has 13 heavy (non-hydrogen) atoms. The largest absolute Gasteiger partial charge is 0.154 e. The Kier molecular flexibility index (Phi) is 4.99.